The van der Waals surface area contributed by atoms with Gasteiger partial charge >= 0.3 is 23.9 Å². The topological polar surface area (TPSA) is 204 Å². The van der Waals surface area contributed by atoms with Crippen LogP contribution in [-0.4, -0.2) is 83.0 Å². The minimum Gasteiger partial charge on any atom is -0.505 e. The van der Waals surface area contributed by atoms with Crippen LogP contribution in [0.4, 0.5) is 5.69 Å². The van der Waals surface area contributed by atoms with Crippen LogP contribution in [0, 0.1) is 17.3 Å². The Labute approximate surface area is 290 Å². The van der Waals surface area contributed by atoms with Crippen LogP contribution in [0.15, 0.2) is 48.5 Å². The molecule has 1 aliphatic heterocycles. The summed E-state index contributed by atoms with van der Waals surface area (Å²) in [6.07, 6.45) is -6.89. The molecule has 14 heteroatoms. The summed E-state index contributed by atoms with van der Waals surface area (Å²) >= 11 is 0. The number of phenolic OH excluding ortho intramolecular Hbond substituents is 1. The van der Waals surface area contributed by atoms with Gasteiger partial charge in [-0.2, -0.15) is 0 Å². The summed E-state index contributed by atoms with van der Waals surface area (Å²) in [5, 5.41) is 26.9. The molecule has 14 nitrogen and oxygen atoms in total. The highest BCUT2D eigenvalue weighted by Crippen LogP contribution is 2.32. The van der Waals surface area contributed by atoms with Crippen LogP contribution in [0.5, 0.6) is 5.75 Å². The summed E-state index contributed by atoms with van der Waals surface area (Å²) in [6, 6.07) is 10.9. The quantitative estimate of drug-likeness (QED) is 0.129. The van der Waals surface area contributed by atoms with Gasteiger partial charge in [0, 0.05) is 18.3 Å². The number of carbonyl (C=O) groups is 6. The van der Waals surface area contributed by atoms with Gasteiger partial charge in [0.2, 0.25) is 18.6 Å². The van der Waals surface area contributed by atoms with Gasteiger partial charge in [0.15, 0.2) is 11.8 Å². The lowest BCUT2D eigenvalue weighted by Gasteiger charge is -2.35. The number of phenols is 1. The van der Waals surface area contributed by atoms with Gasteiger partial charge in [-0.3, -0.25) is 14.4 Å². The summed E-state index contributed by atoms with van der Waals surface area (Å²) in [6.45, 7) is 10.6. The highest BCUT2D eigenvalue weighted by Gasteiger charge is 2.47. The lowest BCUT2D eigenvalue weighted by atomic mass is 9.81. The van der Waals surface area contributed by atoms with Gasteiger partial charge < -0.3 is 39.8 Å². The molecular formula is C36H46N2O12. The molecule has 0 bridgehead atoms. The van der Waals surface area contributed by atoms with Gasteiger partial charge in [0.25, 0.3) is 5.91 Å². The zero-order chi connectivity index (χ0) is 37.3. The highest BCUT2D eigenvalue weighted by atomic mass is 16.6. The zero-order valence-electron chi connectivity index (χ0n) is 29.2. The summed E-state index contributed by atoms with van der Waals surface area (Å²) < 4.78 is 22.7. The van der Waals surface area contributed by atoms with Crippen LogP contribution >= 0.6 is 0 Å². The molecule has 2 aromatic carbocycles. The van der Waals surface area contributed by atoms with Gasteiger partial charge in [0.05, 0.1) is 16.7 Å². The predicted molar refractivity (Wildman–Crippen MR) is 178 cm³/mol. The summed E-state index contributed by atoms with van der Waals surface area (Å²) in [7, 11) is 0. The van der Waals surface area contributed by atoms with Crippen molar-refractivity contribution in [1.82, 2.24) is 5.32 Å². The molecule has 7 atom stereocenters. The number of hydrogen-bond acceptors (Lipinski definition) is 12. The van der Waals surface area contributed by atoms with E-state index in [1.54, 1.807) is 58.0 Å². The monoisotopic (exact) mass is 698 g/mol. The Morgan fingerprint density at radius 3 is 2.14 bits per heavy atom. The van der Waals surface area contributed by atoms with Crippen LogP contribution in [0.2, 0.25) is 0 Å². The normalized spacial score (nSPS) is 25.5. The predicted octanol–water partition coefficient (Wildman–Crippen LogP) is 3.07. The second kappa shape index (κ2) is 17.1. The molecule has 3 rings (SSSR count). The fourth-order valence-corrected chi connectivity index (χ4v) is 5.21. The van der Waals surface area contributed by atoms with Crippen molar-refractivity contribution in [1.29, 1.82) is 0 Å². The molecule has 272 valence electrons. The molecule has 1 heterocycles. The first kappa shape index (κ1) is 39.5. The molecule has 4 N–H and O–H groups in total. The number of aromatic hydroxyl groups is 1. The highest BCUT2D eigenvalue weighted by molar-refractivity contribution is 6.01. The van der Waals surface area contributed by atoms with E-state index in [1.165, 1.54) is 39.0 Å². The SMILES string of the molecule is CC[C@H](C)[C@@H]1OC(=O)C(C)(C)[C@H](O)[C@H](Cc2ccccc2)OC(=O)[C@H](C(C)C)OC(=O)[C@@H](NC(=O)c2cccc(NC=O)c2O)[C@@H](C)OC1=O. The van der Waals surface area contributed by atoms with Crippen molar-refractivity contribution in [2.24, 2.45) is 17.3 Å². The number of amides is 2. The Kier molecular flexibility index (Phi) is 13.5. The van der Waals surface area contributed by atoms with Gasteiger partial charge in [-0.25, -0.2) is 14.4 Å². The summed E-state index contributed by atoms with van der Waals surface area (Å²) in [4.78, 5) is 79.3. The van der Waals surface area contributed by atoms with Crippen molar-refractivity contribution in [3.63, 3.8) is 0 Å². The number of para-hydroxylation sites is 1. The molecule has 1 saturated heterocycles. The number of benzene rings is 2. The number of rotatable bonds is 9. The minimum absolute atomic E-state index is 0.0305. The number of carbonyl (C=O) groups excluding carboxylic acids is 6. The molecule has 2 amide bonds. The molecule has 0 aliphatic carbocycles. The van der Waals surface area contributed by atoms with E-state index in [4.69, 9.17) is 18.9 Å². The van der Waals surface area contributed by atoms with E-state index < -0.39 is 89.3 Å². The Hall–Kier alpha value is -4.98. The molecule has 0 unspecified atom stereocenters. The average molecular weight is 699 g/mol. The third-order valence-electron chi connectivity index (χ3n) is 8.68. The fraction of sp³-hybridized carbons (Fsp3) is 0.500. The number of ether oxygens (including phenoxy) is 4. The smallest absolute Gasteiger partial charge is 0.348 e. The summed E-state index contributed by atoms with van der Waals surface area (Å²) in [5.74, 6) is -7.13. The lowest BCUT2D eigenvalue weighted by Crippen LogP contribution is -2.52. The first-order valence-electron chi connectivity index (χ1n) is 16.4. The number of hydrogen-bond donors (Lipinski definition) is 4. The molecule has 0 saturated carbocycles. The Morgan fingerprint density at radius 1 is 0.900 bits per heavy atom. The second-order valence-corrected chi connectivity index (χ2v) is 13.2. The van der Waals surface area contributed by atoms with Crippen LogP contribution in [0.25, 0.3) is 0 Å². The van der Waals surface area contributed by atoms with Crippen LogP contribution in [-0.2, 0) is 49.3 Å². The van der Waals surface area contributed by atoms with E-state index in [0.717, 1.165) is 0 Å². The van der Waals surface area contributed by atoms with Gasteiger partial charge in [-0.15, -0.1) is 0 Å². The zero-order valence-corrected chi connectivity index (χ0v) is 29.2. The number of nitrogens with one attached hydrogen (secondary N) is 2. The molecule has 0 radical (unpaired) electrons. The molecule has 0 spiro atoms. The molecular weight excluding hydrogens is 652 g/mol. The fourth-order valence-electron chi connectivity index (χ4n) is 5.21. The Balaban J connectivity index is 2.12. The van der Waals surface area contributed by atoms with Crippen molar-refractivity contribution >= 4 is 41.9 Å². The first-order chi connectivity index (χ1) is 23.5. The van der Waals surface area contributed by atoms with E-state index in [-0.39, 0.29) is 17.7 Å². The van der Waals surface area contributed by atoms with Crippen LogP contribution in [0.3, 0.4) is 0 Å². The van der Waals surface area contributed by atoms with E-state index in [0.29, 0.717) is 18.4 Å². The molecule has 1 aliphatic rings. The largest absolute Gasteiger partial charge is 0.505 e. The van der Waals surface area contributed by atoms with E-state index in [9.17, 15) is 39.0 Å². The van der Waals surface area contributed by atoms with Gasteiger partial charge in [-0.1, -0.05) is 64.1 Å². The number of aliphatic hydroxyl groups excluding tert-OH is 1. The van der Waals surface area contributed by atoms with Crippen molar-refractivity contribution in [3.05, 3.63) is 59.7 Å². The Bertz CT molecular complexity index is 1540. The van der Waals surface area contributed by atoms with Gasteiger partial charge in [0.1, 0.15) is 18.3 Å². The average Bonchev–Trinajstić information content (AvgIpc) is 3.07. The lowest BCUT2D eigenvalue weighted by molar-refractivity contribution is -0.190. The molecule has 1 fully saturated rings. The van der Waals surface area contributed by atoms with E-state index in [1.807, 2.05) is 0 Å². The third kappa shape index (κ3) is 9.37. The number of anilines is 1. The maximum absolute atomic E-state index is 13.8. The molecule has 50 heavy (non-hydrogen) atoms. The molecule has 2 aromatic rings. The van der Waals surface area contributed by atoms with E-state index in [2.05, 4.69) is 10.6 Å². The standard InChI is InChI=1S/C36H46N2O12/c1-8-20(4)29-34(45)47-21(5)26(38-31(42)23-15-12-16-24(27(23)40)37-18-39)32(43)49-28(19(2)3)33(44)48-25(17-22-13-10-9-11-14-22)30(41)36(6,7)35(46)50-29/h9-16,18-21,25-26,28-30,40-41H,8,17H2,1-7H3,(H,37,39)(H,38,42)/t20-,21+,25-,26-,28-,29-,30+/m0/s1. The minimum atomic E-state index is -1.76. The van der Waals surface area contributed by atoms with Crippen molar-refractivity contribution in [2.45, 2.75) is 97.9 Å². The van der Waals surface area contributed by atoms with Crippen LogP contribution < -0.4 is 10.6 Å². The number of aliphatic hydroxyl groups is 1. The van der Waals surface area contributed by atoms with E-state index >= 15 is 0 Å². The number of esters is 4. The van der Waals surface area contributed by atoms with Gasteiger partial charge in [-0.05, 0) is 44.9 Å². The first-order valence-corrected chi connectivity index (χ1v) is 16.4. The maximum Gasteiger partial charge on any atom is 0.348 e. The second-order valence-electron chi connectivity index (χ2n) is 13.2. The maximum atomic E-state index is 13.8. The van der Waals surface area contributed by atoms with Crippen molar-refractivity contribution < 1.29 is 57.9 Å². The number of cyclic esters (lactones) is 4. The summed E-state index contributed by atoms with van der Waals surface area (Å²) in [5.41, 5.74) is -1.48. The van der Waals surface area contributed by atoms with Crippen molar-refractivity contribution in [2.75, 3.05) is 5.32 Å². The van der Waals surface area contributed by atoms with Crippen LogP contribution in [0.1, 0.15) is 70.8 Å². The third-order valence-corrected chi connectivity index (χ3v) is 8.68. The van der Waals surface area contributed by atoms with Crippen molar-refractivity contribution in [3.8, 4) is 5.75 Å². The molecule has 0 aromatic heterocycles. The Morgan fingerprint density at radius 2 is 1.54 bits per heavy atom.